The summed E-state index contributed by atoms with van der Waals surface area (Å²) in [6, 6.07) is 5.22. The number of aromatic nitrogens is 3. The Morgan fingerprint density at radius 2 is 2.17 bits per heavy atom. The second kappa shape index (κ2) is 5.76. The van der Waals surface area contributed by atoms with Crippen LogP contribution in [0.2, 0.25) is 0 Å². The highest BCUT2D eigenvalue weighted by Gasteiger charge is 2.59. The quantitative estimate of drug-likeness (QED) is 0.799. The summed E-state index contributed by atoms with van der Waals surface area (Å²) in [5.41, 5.74) is 2.07. The van der Waals surface area contributed by atoms with Crippen LogP contribution >= 0.6 is 0 Å². The first kappa shape index (κ1) is 15.4. The number of nitrogens with one attached hydrogen (secondary N) is 1. The van der Waals surface area contributed by atoms with Gasteiger partial charge >= 0.3 is 0 Å². The van der Waals surface area contributed by atoms with Crippen molar-refractivity contribution in [3.8, 4) is 0 Å². The van der Waals surface area contributed by atoms with Gasteiger partial charge < -0.3 is 9.47 Å². The fourth-order valence-corrected chi connectivity index (χ4v) is 3.84. The Labute approximate surface area is 140 Å². The molecule has 1 aromatic heterocycles. The molecule has 1 saturated heterocycles. The summed E-state index contributed by atoms with van der Waals surface area (Å²) < 4.78 is 37.8. The Morgan fingerprint density at radius 1 is 1.42 bits per heavy atom. The molecule has 0 spiro atoms. The van der Waals surface area contributed by atoms with Crippen LogP contribution in [0.25, 0.3) is 0 Å². The van der Waals surface area contributed by atoms with Gasteiger partial charge in [0.15, 0.2) is 0 Å². The fourth-order valence-electron chi connectivity index (χ4n) is 3.56. The van der Waals surface area contributed by atoms with E-state index in [0.717, 1.165) is 17.9 Å². The third kappa shape index (κ3) is 2.54. The normalized spacial score (nSPS) is 26.5. The van der Waals surface area contributed by atoms with Gasteiger partial charge in [-0.3, -0.25) is 4.55 Å². The molecule has 4 unspecified atom stereocenters. The first-order chi connectivity index (χ1) is 11.6. The summed E-state index contributed by atoms with van der Waals surface area (Å²) in [5, 5.41) is 7.68. The Balaban J connectivity index is 1.47. The monoisotopic (exact) mass is 349 g/mol. The van der Waals surface area contributed by atoms with Gasteiger partial charge in [0.05, 0.1) is 0 Å². The maximum Gasteiger partial charge on any atom is 0.232 e. The van der Waals surface area contributed by atoms with Gasteiger partial charge in [0.2, 0.25) is 11.3 Å². The highest BCUT2D eigenvalue weighted by Crippen LogP contribution is 2.60. The number of piperidine rings is 1. The minimum Gasteiger partial charge on any atom is -0.345 e. The van der Waals surface area contributed by atoms with Crippen molar-refractivity contribution >= 4 is 17.0 Å². The second-order valence-corrected chi connectivity index (χ2v) is 6.82. The van der Waals surface area contributed by atoms with Gasteiger partial charge in [0.1, 0.15) is 18.5 Å². The van der Waals surface area contributed by atoms with Crippen LogP contribution in [0.1, 0.15) is 11.6 Å². The van der Waals surface area contributed by atoms with E-state index in [1.54, 1.807) is 18.7 Å². The van der Waals surface area contributed by atoms with Gasteiger partial charge in [0, 0.05) is 47.9 Å². The highest BCUT2D eigenvalue weighted by atomic mass is 32.2. The van der Waals surface area contributed by atoms with Crippen molar-refractivity contribution in [1.82, 2.24) is 19.5 Å². The molecule has 24 heavy (non-hydrogen) atoms. The van der Waals surface area contributed by atoms with E-state index in [9.17, 15) is 8.60 Å². The molecule has 7 nitrogen and oxygen atoms in total. The molecule has 2 heterocycles. The van der Waals surface area contributed by atoms with Crippen LogP contribution in [0.4, 0.5) is 10.1 Å². The lowest BCUT2D eigenvalue weighted by atomic mass is 10.1. The lowest BCUT2D eigenvalue weighted by molar-refractivity contribution is 0.545. The third-order valence-electron chi connectivity index (χ3n) is 4.77. The number of benzene rings is 1. The van der Waals surface area contributed by atoms with Crippen molar-refractivity contribution in [3.05, 3.63) is 54.5 Å². The van der Waals surface area contributed by atoms with Crippen LogP contribution in [0.15, 0.2) is 43.1 Å². The molecule has 4 rings (SSSR count). The first-order valence-electron chi connectivity index (χ1n) is 7.49. The van der Waals surface area contributed by atoms with Crippen molar-refractivity contribution in [3.63, 3.8) is 0 Å². The zero-order valence-electron chi connectivity index (χ0n) is 12.7. The van der Waals surface area contributed by atoms with Crippen LogP contribution in [-0.4, -0.2) is 30.1 Å². The van der Waals surface area contributed by atoms with Crippen LogP contribution in [0.3, 0.4) is 0 Å². The topological polar surface area (TPSA) is 83.3 Å². The minimum atomic E-state index is -2.16. The van der Waals surface area contributed by atoms with Crippen molar-refractivity contribution in [2.45, 2.75) is 12.6 Å². The SMILES string of the molecule is C=C1C2C(CN1c1ccc(CNS(=O)O)c(F)c1)C2n1cnnc1. The number of anilines is 1. The van der Waals surface area contributed by atoms with Crippen LogP contribution in [0.5, 0.6) is 0 Å². The van der Waals surface area contributed by atoms with Gasteiger partial charge in [0.25, 0.3) is 0 Å². The maximum absolute atomic E-state index is 14.2. The highest BCUT2D eigenvalue weighted by molar-refractivity contribution is 7.77. The summed E-state index contributed by atoms with van der Waals surface area (Å²) in [7, 11) is 0. The van der Waals surface area contributed by atoms with E-state index in [1.807, 2.05) is 15.5 Å². The largest absolute Gasteiger partial charge is 0.345 e. The zero-order chi connectivity index (χ0) is 16.8. The van der Waals surface area contributed by atoms with E-state index in [0.29, 0.717) is 23.4 Å². The molecule has 4 atom stereocenters. The lowest BCUT2D eigenvalue weighted by Crippen LogP contribution is -2.23. The Hall–Kier alpha value is -2.10. The minimum absolute atomic E-state index is 0.00285. The number of allylic oxidation sites excluding steroid dienone is 1. The third-order valence-corrected chi connectivity index (χ3v) is 5.16. The Bertz CT molecular complexity index is 812. The van der Waals surface area contributed by atoms with Crippen LogP contribution in [-0.2, 0) is 17.8 Å². The smallest absolute Gasteiger partial charge is 0.232 e. The predicted octanol–water partition coefficient (Wildman–Crippen LogP) is 1.46. The molecule has 2 fully saturated rings. The van der Waals surface area contributed by atoms with E-state index in [4.69, 9.17) is 4.55 Å². The maximum atomic E-state index is 14.2. The van der Waals surface area contributed by atoms with E-state index >= 15 is 0 Å². The van der Waals surface area contributed by atoms with Crippen LogP contribution in [0, 0.1) is 17.7 Å². The number of hydrogen-bond donors (Lipinski definition) is 2. The molecule has 1 aliphatic carbocycles. The van der Waals surface area contributed by atoms with Crippen molar-refractivity contribution in [1.29, 1.82) is 0 Å². The molecule has 0 bridgehead atoms. The summed E-state index contributed by atoms with van der Waals surface area (Å²) in [4.78, 5) is 2.03. The van der Waals surface area contributed by atoms with Gasteiger partial charge in [-0.05, 0) is 12.1 Å². The number of rotatable bonds is 5. The average molecular weight is 349 g/mol. The molecule has 1 aromatic carbocycles. The molecule has 1 aliphatic heterocycles. The molecule has 9 heteroatoms. The molecule has 2 aromatic rings. The van der Waals surface area contributed by atoms with E-state index < -0.39 is 17.1 Å². The van der Waals surface area contributed by atoms with Gasteiger partial charge in [-0.15, -0.1) is 10.2 Å². The molecule has 0 amide bonds. The molecule has 126 valence electrons. The molecule has 0 radical (unpaired) electrons. The molecule has 1 saturated carbocycles. The van der Waals surface area contributed by atoms with Gasteiger partial charge in [-0.1, -0.05) is 12.6 Å². The van der Waals surface area contributed by atoms with E-state index in [1.165, 1.54) is 6.07 Å². The summed E-state index contributed by atoms with van der Waals surface area (Å²) in [6.07, 6.45) is 3.43. The number of nitrogens with zero attached hydrogens (tertiary/aromatic N) is 4. The fraction of sp³-hybridized carbons (Fsp3) is 0.333. The molecule has 2 aliphatic rings. The average Bonchev–Trinajstić information content (AvgIpc) is 2.89. The van der Waals surface area contributed by atoms with Gasteiger partial charge in [-0.25, -0.2) is 13.3 Å². The van der Waals surface area contributed by atoms with Crippen LogP contribution < -0.4 is 9.62 Å². The van der Waals surface area contributed by atoms with Gasteiger partial charge in [-0.2, -0.15) is 0 Å². The standard InChI is InChI=1S/C15H16FN5O2S/c1-9-14-12(15(14)20-7-17-18-8-20)6-21(9)11-3-2-10(13(16)4-11)5-19-24(22)23/h2-4,7-8,12,14-15,19H,1,5-6H2,(H,22,23). The predicted molar refractivity (Wildman–Crippen MR) is 86.5 cm³/mol. The second-order valence-electron chi connectivity index (χ2n) is 6.04. The number of hydrogen-bond acceptors (Lipinski definition) is 4. The molecular formula is C15H16FN5O2S. The number of fused-ring (bicyclic) bond motifs is 1. The van der Waals surface area contributed by atoms with Crippen molar-refractivity contribution in [2.75, 3.05) is 11.4 Å². The summed E-state index contributed by atoms with van der Waals surface area (Å²) in [6.45, 7) is 4.95. The van der Waals surface area contributed by atoms with Crippen molar-refractivity contribution in [2.24, 2.45) is 11.8 Å². The Morgan fingerprint density at radius 3 is 2.75 bits per heavy atom. The van der Waals surface area contributed by atoms with Crippen molar-refractivity contribution < 1.29 is 13.2 Å². The lowest BCUT2D eigenvalue weighted by Gasteiger charge is -2.24. The first-order valence-corrected chi connectivity index (χ1v) is 8.60. The Kier molecular flexibility index (Phi) is 3.70. The summed E-state index contributed by atoms with van der Waals surface area (Å²) in [5.74, 6) is 0.367. The van der Waals surface area contributed by atoms with E-state index in [-0.39, 0.29) is 6.54 Å². The molecular weight excluding hydrogens is 333 g/mol. The summed E-state index contributed by atoms with van der Waals surface area (Å²) >= 11 is -2.16. The number of halogens is 1. The molecule has 2 N–H and O–H groups in total. The zero-order valence-corrected chi connectivity index (χ0v) is 13.5. The van der Waals surface area contributed by atoms with E-state index in [2.05, 4.69) is 21.5 Å².